The zero-order valence-corrected chi connectivity index (χ0v) is 23.3. The quantitative estimate of drug-likeness (QED) is 0.151. The average molecular weight is 443 g/mol. The van der Waals surface area contributed by atoms with Gasteiger partial charge in [0.05, 0.1) is 6.61 Å². The minimum atomic E-state index is 0.760. The third kappa shape index (κ3) is 21.2. The van der Waals surface area contributed by atoms with Crippen LogP contribution in [0.15, 0.2) is 72.1 Å². The second-order valence-corrected chi connectivity index (χ2v) is 8.06. The Kier molecular flexibility index (Phi) is 25.6. The summed E-state index contributed by atoms with van der Waals surface area (Å²) in [6.45, 7) is 33.1. The molecule has 0 aromatic heterocycles. The highest BCUT2D eigenvalue weighted by Crippen LogP contribution is 2.18. The maximum Gasteiger partial charge on any atom is 0.115 e. The lowest BCUT2D eigenvalue weighted by molar-refractivity contribution is 0.216. The lowest BCUT2D eigenvalue weighted by atomic mass is 10.0. The SMILES string of the molecule is C=C(C)/C(C)=C(/C)C(=C)OCCCC.C=C(C)CCCC.CC.CCc1ccc(C)cc1. The van der Waals surface area contributed by atoms with Crippen molar-refractivity contribution in [3.63, 3.8) is 0 Å². The van der Waals surface area contributed by atoms with Crippen molar-refractivity contribution in [2.24, 2.45) is 0 Å². The van der Waals surface area contributed by atoms with Gasteiger partial charge in [-0.3, -0.25) is 0 Å². The van der Waals surface area contributed by atoms with E-state index in [1.54, 1.807) is 0 Å². The molecule has 0 fully saturated rings. The van der Waals surface area contributed by atoms with Crippen LogP contribution in [-0.2, 0) is 11.2 Å². The molecule has 32 heavy (non-hydrogen) atoms. The number of aryl methyl sites for hydroxylation is 2. The van der Waals surface area contributed by atoms with Crippen LogP contribution in [0, 0.1) is 6.92 Å². The van der Waals surface area contributed by atoms with Crippen molar-refractivity contribution >= 4 is 0 Å². The van der Waals surface area contributed by atoms with Gasteiger partial charge in [0.25, 0.3) is 0 Å². The molecule has 0 unspecified atom stereocenters. The predicted octanol–water partition coefficient (Wildman–Crippen LogP) is 10.6. The molecule has 0 aliphatic rings. The summed E-state index contributed by atoms with van der Waals surface area (Å²) in [5.41, 5.74) is 7.41. The summed E-state index contributed by atoms with van der Waals surface area (Å²) in [4.78, 5) is 0. The Bertz CT molecular complexity index is 644. The molecule has 0 radical (unpaired) electrons. The van der Waals surface area contributed by atoms with Crippen LogP contribution in [-0.4, -0.2) is 6.61 Å². The zero-order chi connectivity index (χ0) is 25.5. The highest BCUT2D eigenvalue weighted by molar-refractivity contribution is 5.36. The van der Waals surface area contributed by atoms with E-state index in [1.165, 1.54) is 41.5 Å². The third-order valence-electron chi connectivity index (χ3n) is 4.88. The maximum absolute atomic E-state index is 5.52. The van der Waals surface area contributed by atoms with E-state index >= 15 is 0 Å². The molecule has 0 saturated carbocycles. The summed E-state index contributed by atoms with van der Waals surface area (Å²) in [7, 11) is 0. The van der Waals surface area contributed by atoms with Crippen molar-refractivity contribution in [1.29, 1.82) is 0 Å². The van der Waals surface area contributed by atoms with Gasteiger partial charge < -0.3 is 4.74 Å². The molecule has 1 nitrogen and oxygen atoms in total. The molecular formula is C31H54O. The average Bonchev–Trinajstić information content (AvgIpc) is 2.79. The van der Waals surface area contributed by atoms with Crippen LogP contribution in [0.25, 0.3) is 0 Å². The van der Waals surface area contributed by atoms with Gasteiger partial charge >= 0.3 is 0 Å². The van der Waals surface area contributed by atoms with E-state index in [2.05, 4.69) is 78.6 Å². The van der Waals surface area contributed by atoms with Crippen LogP contribution >= 0.6 is 0 Å². The number of benzene rings is 1. The topological polar surface area (TPSA) is 9.23 Å². The molecule has 1 aromatic carbocycles. The number of ether oxygens (including phenoxy) is 1. The van der Waals surface area contributed by atoms with Crippen molar-refractivity contribution in [3.8, 4) is 0 Å². The maximum atomic E-state index is 5.52. The summed E-state index contributed by atoms with van der Waals surface area (Å²) in [5, 5.41) is 0. The second kappa shape index (κ2) is 23.6. The minimum Gasteiger partial charge on any atom is -0.494 e. The van der Waals surface area contributed by atoms with Crippen LogP contribution < -0.4 is 0 Å². The van der Waals surface area contributed by atoms with Crippen LogP contribution in [0.2, 0.25) is 0 Å². The molecule has 0 N–H and O–H groups in total. The Morgan fingerprint density at radius 3 is 1.62 bits per heavy atom. The molecule has 1 rings (SSSR count). The first kappa shape index (κ1) is 34.6. The number of hydrogen-bond donors (Lipinski definition) is 0. The fourth-order valence-corrected chi connectivity index (χ4v) is 2.28. The molecular weight excluding hydrogens is 388 g/mol. The van der Waals surface area contributed by atoms with Gasteiger partial charge in [-0.2, -0.15) is 0 Å². The lowest BCUT2D eigenvalue weighted by Gasteiger charge is -2.12. The second-order valence-electron chi connectivity index (χ2n) is 8.06. The molecule has 0 aliphatic carbocycles. The van der Waals surface area contributed by atoms with Gasteiger partial charge in [0.15, 0.2) is 0 Å². The Labute approximate surface area is 202 Å². The van der Waals surface area contributed by atoms with Gasteiger partial charge in [0.1, 0.15) is 5.76 Å². The Morgan fingerprint density at radius 1 is 0.781 bits per heavy atom. The molecule has 0 spiro atoms. The van der Waals surface area contributed by atoms with Crippen LogP contribution in [0.5, 0.6) is 0 Å². The van der Waals surface area contributed by atoms with Crippen molar-refractivity contribution in [3.05, 3.63) is 83.2 Å². The molecule has 0 aliphatic heterocycles. The first-order valence-corrected chi connectivity index (χ1v) is 12.5. The van der Waals surface area contributed by atoms with Gasteiger partial charge in [0, 0.05) is 0 Å². The molecule has 0 bridgehead atoms. The minimum absolute atomic E-state index is 0.760. The molecule has 0 saturated heterocycles. The number of hydrogen-bond acceptors (Lipinski definition) is 1. The first-order valence-electron chi connectivity index (χ1n) is 12.5. The fraction of sp³-hybridized carbons (Fsp3) is 0.548. The summed E-state index contributed by atoms with van der Waals surface area (Å²) in [6.07, 6.45) is 7.16. The van der Waals surface area contributed by atoms with E-state index in [0.717, 1.165) is 42.8 Å². The third-order valence-corrected chi connectivity index (χ3v) is 4.88. The van der Waals surface area contributed by atoms with Gasteiger partial charge in [0.2, 0.25) is 0 Å². The Hall–Kier alpha value is -2.02. The van der Waals surface area contributed by atoms with E-state index in [-0.39, 0.29) is 0 Å². The fourth-order valence-electron chi connectivity index (χ4n) is 2.28. The summed E-state index contributed by atoms with van der Waals surface area (Å²) < 4.78 is 5.52. The molecule has 0 amide bonds. The molecule has 184 valence electrons. The Balaban J connectivity index is -0.000000402. The number of unbranched alkanes of at least 4 members (excludes halogenated alkanes) is 2. The van der Waals surface area contributed by atoms with Gasteiger partial charge in [-0.1, -0.05) is 102 Å². The van der Waals surface area contributed by atoms with E-state index in [9.17, 15) is 0 Å². The van der Waals surface area contributed by atoms with Gasteiger partial charge in [-0.25, -0.2) is 0 Å². The van der Waals surface area contributed by atoms with Gasteiger partial charge in [-0.15, -0.1) is 6.58 Å². The lowest BCUT2D eigenvalue weighted by Crippen LogP contribution is -1.97. The number of rotatable bonds is 10. The van der Waals surface area contributed by atoms with Crippen molar-refractivity contribution in [2.75, 3.05) is 6.61 Å². The van der Waals surface area contributed by atoms with E-state index in [4.69, 9.17) is 4.74 Å². The zero-order valence-electron chi connectivity index (χ0n) is 23.3. The standard InChI is InChI=1S/C13H22O.C9H12.C7H14.C2H6/c1-7-8-9-14-13(6)12(5)11(4)10(2)3;1-3-9-6-4-8(2)5-7-9;1-4-5-6-7(2)3;1-2/h2,6-9H2,1,3-5H3;4-7H,3H2,1-2H3;2,4-6H2,1,3H3;1-2H3/b12-11-;;;. The first-order chi connectivity index (χ1) is 15.1. The van der Waals surface area contributed by atoms with E-state index < -0.39 is 0 Å². The highest BCUT2D eigenvalue weighted by atomic mass is 16.5. The van der Waals surface area contributed by atoms with Crippen molar-refractivity contribution < 1.29 is 4.74 Å². The van der Waals surface area contributed by atoms with E-state index in [1.807, 2.05) is 34.6 Å². The van der Waals surface area contributed by atoms with Crippen molar-refractivity contribution in [1.82, 2.24) is 0 Å². The molecule has 0 atom stereocenters. The van der Waals surface area contributed by atoms with Gasteiger partial charge in [-0.05, 0) is 77.0 Å². The summed E-state index contributed by atoms with van der Waals surface area (Å²) >= 11 is 0. The Morgan fingerprint density at radius 2 is 1.28 bits per heavy atom. The molecule has 0 heterocycles. The molecule has 1 heteroatoms. The van der Waals surface area contributed by atoms with E-state index in [0.29, 0.717) is 0 Å². The monoisotopic (exact) mass is 442 g/mol. The number of allylic oxidation sites excluding steroid dienone is 4. The molecule has 1 aromatic rings. The summed E-state index contributed by atoms with van der Waals surface area (Å²) in [6, 6.07) is 8.66. The highest BCUT2D eigenvalue weighted by Gasteiger charge is 2.03. The largest absolute Gasteiger partial charge is 0.494 e. The summed E-state index contributed by atoms with van der Waals surface area (Å²) in [5.74, 6) is 0.777. The van der Waals surface area contributed by atoms with Crippen LogP contribution in [0.1, 0.15) is 106 Å². The van der Waals surface area contributed by atoms with Crippen molar-refractivity contribution in [2.45, 2.75) is 108 Å². The smallest absolute Gasteiger partial charge is 0.115 e. The van der Waals surface area contributed by atoms with Crippen LogP contribution in [0.4, 0.5) is 0 Å². The predicted molar refractivity (Wildman–Crippen MR) is 149 cm³/mol. The normalized spacial score (nSPS) is 10.1. The van der Waals surface area contributed by atoms with Crippen LogP contribution in [0.3, 0.4) is 0 Å².